The Hall–Kier alpha value is -1.19. The summed E-state index contributed by atoms with van der Waals surface area (Å²) >= 11 is 6.06. The first-order chi connectivity index (χ1) is 7.20. The second-order valence-corrected chi connectivity index (χ2v) is 3.85. The summed E-state index contributed by atoms with van der Waals surface area (Å²) in [7, 11) is 0. The van der Waals surface area contributed by atoms with E-state index >= 15 is 0 Å². The van der Waals surface area contributed by atoms with Crippen LogP contribution in [-0.4, -0.2) is 16.5 Å². The van der Waals surface area contributed by atoms with Gasteiger partial charge in [-0.05, 0) is 31.2 Å². The number of halogens is 1. The molecule has 0 radical (unpaired) electrons. The maximum Gasteiger partial charge on any atom is 0.140 e. The Morgan fingerprint density at radius 1 is 1.33 bits per heavy atom. The summed E-state index contributed by atoms with van der Waals surface area (Å²) in [4.78, 5) is 8.61. The zero-order chi connectivity index (χ0) is 10.8. The molecule has 0 spiro atoms. The summed E-state index contributed by atoms with van der Waals surface area (Å²) in [5, 5.41) is 1.39. The highest BCUT2D eigenvalue weighted by atomic mass is 35.5. The van der Waals surface area contributed by atoms with E-state index in [1.165, 1.54) is 0 Å². The lowest BCUT2D eigenvalue weighted by Gasteiger charge is -2.04. The van der Waals surface area contributed by atoms with Gasteiger partial charge in [-0.3, -0.25) is 0 Å². The van der Waals surface area contributed by atoms with Crippen molar-refractivity contribution in [3.8, 4) is 0 Å². The van der Waals surface area contributed by atoms with Gasteiger partial charge in [0, 0.05) is 11.8 Å². The maximum absolute atomic E-state index is 6.06. The van der Waals surface area contributed by atoms with Crippen LogP contribution in [0.3, 0.4) is 0 Å². The quantitative estimate of drug-likeness (QED) is 0.791. The number of benzene rings is 1. The van der Waals surface area contributed by atoms with E-state index < -0.39 is 0 Å². The van der Waals surface area contributed by atoms with Gasteiger partial charge in [0.2, 0.25) is 0 Å². The van der Waals surface area contributed by atoms with Gasteiger partial charge in [-0.2, -0.15) is 0 Å². The van der Waals surface area contributed by atoms with Crippen LogP contribution in [0.15, 0.2) is 18.2 Å². The molecule has 4 heteroatoms. The van der Waals surface area contributed by atoms with Gasteiger partial charge in [0.05, 0.1) is 5.52 Å². The number of nitrogens with zero attached hydrogens (tertiary/aromatic N) is 2. The van der Waals surface area contributed by atoms with E-state index in [-0.39, 0.29) is 0 Å². The fourth-order valence-corrected chi connectivity index (χ4v) is 1.74. The van der Waals surface area contributed by atoms with Crippen molar-refractivity contribution in [3.63, 3.8) is 0 Å². The second kappa shape index (κ2) is 4.13. The Morgan fingerprint density at radius 3 is 2.87 bits per heavy atom. The molecule has 0 saturated heterocycles. The molecule has 1 heterocycles. The molecule has 3 nitrogen and oxygen atoms in total. The zero-order valence-electron chi connectivity index (χ0n) is 8.50. The number of aryl methyl sites for hydroxylation is 1. The van der Waals surface area contributed by atoms with E-state index in [2.05, 4.69) is 9.97 Å². The monoisotopic (exact) mass is 221 g/mol. The lowest BCUT2D eigenvalue weighted by Crippen LogP contribution is -2.06. The standard InChI is InChI=1S/C11H12ClN3/c1-7-2-3-8-9(6-7)14-10(4-5-13)15-11(8)12/h2-3,6H,4-5,13H2,1H3. The molecule has 2 aromatic rings. The van der Waals surface area contributed by atoms with Gasteiger partial charge < -0.3 is 5.73 Å². The Morgan fingerprint density at radius 2 is 2.13 bits per heavy atom. The molecule has 0 aliphatic rings. The molecule has 2 N–H and O–H groups in total. The molecule has 1 aromatic carbocycles. The third-order valence-corrected chi connectivity index (χ3v) is 2.51. The molecule has 0 unspecified atom stereocenters. The van der Waals surface area contributed by atoms with Gasteiger partial charge in [0.15, 0.2) is 0 Å². The summed E-state index contributed by atoms with van der Waals surface area (Å²) in [6, 6.07) is 5.95. The first-order valence-electron chi connectivity index (χ1n) is 4.83. The molecule has 1 aromatic heterocycles. The minimum Gasteiger partial charge on any atom is -0.330 e. The Balaban J connectivity index is 2.63. The molecule has 0 aliphatic heterocycles. The van der Waals surface area contributed by atoms with E-state index in [1.54, 1.807) is 0 Å². The summed E-state index contributed by atoms with van der Waals surface area (Å²) in [5.74, 6) is 0.709. The van der Waals surface area contributed by atoms with Gasteiger partial charge in [-0.1, -0.05) is 17.7 Å². The fraction of sp³-hybridized carbons (Fsp3) is 0.273. The van der Waals surface area contributed by atoms with Crippen LogP contribution in [0.4, 0.5) is 0 Å². The zero-order valence-corrected chi connectivity index (χ0v) is 9.25. The third kappa shape index (κ3) is 2.08. The van der Waals surface area contributed by atoms with Gasteiger partial charge in [0.25, 0.3) is 0 Å². The van der Waals surface area contributed by atoms with E-state index in [0.717, 1.165) is 16.5 Å². The van der Waals surface area contributed by atoms with Crippen LogP contribution in [0.5, 0.6) is 0 Å². The highest BCUT2D eigenvalue weighted by Gasteiger charge is 2.05. The third-order valence-electron chi connectivity index (χ3n) is 2.22. The van der Waals surface area contributed by atoms with Crippen LogP contribution < -0.4 is 5.73 Å². The number of nitrogens with two attached hydrogens (primary N) is 1. The number of aromatic nitrogens is 2. The number of hydrogen-bond donors (Lipinski definition) is 1. The van der Waals surface area contributed by atoms with Crippen molar-refractivity contribution in [2.75, 3.05) is 6.54 Å². The van der Waals surface area contributed by atoms with Crippen LogP contribution in [0.2, 0.25) is 5.15 Å². The highest BCUT2D eigenvalue weighted by molar-refractivity contribution is 6.34. The predicted molar refractivity (Wildman–Crippen MR) is 62.0 cm³/mol. The molecule has 0 bridgehead atoms. The van der Waals surface area contributed by atoms with E-state index in [1.807, 2.05) is 25.1 Å². The van der Waals surface area contributed by atoms with Crippen molar-refractivity contribution >= 4 is 22.5 Å². The molecule has 0 atom stereocenters. The number of hydrogen-bond acceptors (Lipinski definition) is 3. The molecule has 2 rings (SSSR count). The summed E-state index contributed by atoms with van der Waals surface area (Å²) in [6.07, 6.45) is 0.656. The van der Waals surface area contributed by atoms with Crippen LogP contribution in [0.25, 0.3) is 10.9 Å². The fourth-order valence-electron chi connectivity index (χ4n) is 1.49. The predicted octanol–water partition coefficient (Wildman–Crippen LogP) is 2.09. The Labute approximate surface area is 93.3 Å². The SMILES string of the molecule is Cc1ccc2c(Cl)nc(CCN)nc2c1. The molecule has 0 saturated carbocycles. The molecule has 0 fully saturated rings. The Kier molecular flexibility index (Phi) is 2.84. The number of fused-ring (bicyclic) bond motifs is 1. The molecular weight excluding hydrogens is 210 g/mol. The van der Waals surface area contributed by atoms with Crippen molar-refractivity contribution in [1.82, 2.24) is 9.97 Å². The molecule has 78 valence electrons. The van der Waals surface area contributed by atoms with Crippen molar-refractivity contribution in [1.29, 1.82) is 0 Å². The first kappa shape index (κ1) is 10.3. The van der Waals surface area contributed by atoms with Crippen LogP contribution >= 0.6 is 11.6 Å². The van der Waals surface area contributed by atoms with Crippen LogP contribution in [0.1, 0.15) is 11.4 Å². The van der Waals surface area contributed by atoms with Gasteiger partial charge in [0.1, 0.15) is 11.0 Å². The second-order valence-electron chi connectivity index (χ2n) is 3.49. The van der Waals surface area contributed by atoms with E-state index in [9.17, 15) is 0 Å². The van der Waals surface area contributed by atoms with Crippen LogP contribution in [0, 0.1) is 6.92 Å². The summed E-state index contributed by atoms with van der Waals surface area (Å²) in [6.45, 7) is 2.56. The summed E-state index contributed by atoms with van der Waals surface area (Å²) < 4.78 is 0. The molecule has 0 amide bonds. The van der Waals surface area contributed by atoms with Crippen LogP contribution in [-0.2, 0) is 6.42 Å². The van der Waals surface area contributed by atoms with E-state index in [0.29, 0.717) is 23.9 Å². The molecular formula is C11H12ClN3. The van der Waals surface area contributed by atoms with Gasteiger partial charge >= 0.3 is 0 Å². The lowest BCUT2D eigenvalue weighted by molar-refractivity contribution is 0.879. The topological polar surface area (TPSA) is 51.8 Å². The largest absolute Gasteiger partial charge is 0.330 e. The minimum atomic E-state index is 0.503. The first-order valence-corrected chi connectivity index (χ1v) is 5.21. The smallest absolute Gasteiger partial charge is 0.140 e. The van der Waals surface area contributed by atoms with Gasteiger partial charge in [-0.25, -0.2) is 9.97 Å². The van der Waals surface area contributed by atoms with Crippen molar-refractivity contribution in [3.05, 3.63) is 34.7 Å². The average Bonchev–Trinajstić information content (AvgIpc) is 2.17. The lowest BCUT2D eigenvalue weighted by atomic mass is 10.2. The number of rotatable bonds is 2. The normalized spacial score (nSPS) is 10.9. The highest BCUT2D eigenvalue weighted by Crippen LogP contribution is 2.21. The molecule has 0 aliphatic carbocycles. The average molecular weight is 222 g/mol. The van der Waals surface area contributed by atoms with E-state index in [4.69, 9.17) is 17.3 Å². The van der Waals surface area contributed by atoms with Crippen molar-refractivity contribution in [2.45, 2.75) is 13.3 Å². The minimum absolute atomic E-state index is 0.503. The van der Waals surface area contributed by atoms with Crippen molar-refractivity contribution in [2.24, 2.45) is 5.73 Å². The van der Waals surface area contributed by atoms with Crippen molar-refractivity contribution < 1.29 is 0 Å². The Bertz CT molecular complexity index is 496. The summed E-state index contributed by atoms with van der Waals surface area (Å²) in [5.41, 5.74) is 7.51. The maximum atomic E-state index is 6.06. The van der Waals surface area contributed by atoms with Gasteiger partial charge in [-0.15, -0.1) is 0 Å². The molecule has 15 heavy (non-hydrogen) atoms.